The maximum Gasteiger partial charge on any atom is 0.364 e. The second kappa shape index (κ2) is 39.1. The average molecular weight is 1500 g/mol. The number of carbonyl (C=O) groups excluding carboxylic acids is 7. The third kappa shape index (κ3) is 22.7. The molecule has 32 heteroatoms. The topological polar surface area (TPSA) is 477 Å². The second-order valence-electron chi connectivity index (χ2n) is 25.0. The van der Waals surface area contributed by atoms with Crippen LogP contribution in [0.25, 0.3) is 22.3 Å². The molecule has 2 aliphatic heterocycles. The summed E-state index contributed by atoms with van der Waals surface area (Å²) in [5.74, 6) is -14.6. The molecule has 30 nitrogen and oxygen atoms in total. The zero-order valence-electron chi connectivity index (χ0n) is 57.6. The van der Waals surface area contributed by atoms with Crippen LogP contribution in [0.2, 0.25) is 0 Å². The number of esters is 1. The van der Waals surface area contributed by atoms with Gasteiger partial charge in [-0.2, -0.15) is 23.5 Å². The van der Waals surface area contributed by atoms with Crippen molar-refractivity contribution in [2.24, 2.45) is 5.73 Å². The number of nitrogens with one attached hydrogen (secondary N) is 6. The van der Waals surface area contributed by atoms with Gasteiger partial charge in [-0.15, -0.1) is 0 Å². The predicted octanol–water partition coefficient (Wildman–Crippen LogP) is 2.54. The number of carboxylic acid groups (broad SMARTS) is 3. The molecule has 6 aromatic rings. The standard InChI is InChI=1S/C74H85N7O23S2/c1-42(82)78-59-54(84)36-73(71(96)97,103-63(59)61(87)55(85)38-76-65(89)48-24-20-46(21-25-48)44-14-6-3-7-15-44)100-32-12-34-105-40-53(69(93)94)80-67(91)50-28-30-51(31-29-50)68(92)81-58(75)41-106-35-13-33-101-74(72(98)99)37-57(102-70(95)52-18-10-5-11-19-52)60(79-43(2)83)64(104-74)62(88)56(86)39-77-66(90)49-26-22-47(23-27-49)45-16-8-4-9-17-45/h3-11,14-31,53-64,84-88H,12-13,32-41,75H2,1-2H3,(H,76,89)(H,77,90)(H,78,82)(H,79,83)(H,80,91)(H,81,92)(H,93,94)(H,96,97)(H,98,99)/t53?,54-,55+,56+,57-,58?,59+,60+,61?,62?,63+,64+,73+,74+/m0/s1. The molecule has 0 bridgehead atoms. The van der Waals surface area contributed by atoms with Crippen LogP contribution in [0.15, 0.2) is 164 Å². The highest BCUT2D eigenvalue weighted by Gasteiger charge is 2.58. The number of amides is 6. The van der Waals surface area contributed by atoms with Crippen molar-refractivity contribution in [3.63, 3.8) is 0 Å². The molecule has 4 unspecified atom stereocenters. The molecule has 0 spiro atoms. The van der Waals surface area contributed by atoms with Gasteiger partial charge in [-0.05, 0) is 107 Å². The van der Waals surface area contributed by atoms with E-state index < -0.39 is 170 Å². The monoisotopic (exact) mass is 1500 g/mol. The highest BCUT2D eigenvalue weighted by molar-refractivity contribution is 7.99. The number of hydrogen-bond acceptors (Lipinski definition) is 23. The summed E-state index contributed by atoms with van der Waals surface area (Å²) in [7, 11) is 0. The van der Waals surface area contributed by atoms with Crippen LogP contribution >= 0.6 is 23.5 Å². The Bertz CT molecular complexity index is 3970. The summed E-state index contributed by atoms with van der Waals surface area (Å²) in [5, 5.41) is 103. The maximum absolute atomic E-state index is 13.5. The van der Waals surface area contributed by atoms with Crippen LogP contribution in [-0.4, -0.2) is 234 Å². The lowest BCUT2D eigenvalue weighted by atomic mass is 9.88. The van der Waals surface area contributed by atoms with Crippen molar-refractivity contribution in [2.75, 3.05) is 49.3 Å². The lowest BCUT2D eigenvalue weighted by Gasteiger charge is -2.47. The second-order valence-corrected chi connectivity index (χ2v) is 27.3. The molecule has 0 saturated carbocycles. The van der Waals surface area contributed by atoms with E-state index in [9.17, 15) is 88.8 Å². The number of ether oxygens (including phenoxy) is 5. The van der Waals surface area contributed by atoms with Crippen LogP contribution in [-0.2, 0) is 47.7 Å². The van der Waals surface area contributed by atoms with E-state index in [0.29, 0.717) is 0 Å². The molecule has 14 atom stereocenters. The van der Waals surface area contributed by atoms with E-state index in [0.717, 1.165) is 47.9 Å². The molecule has 106 heavy (non-hydrogen) atoms. The van der Waals surface area contributed by atoms with E-state index in [1.807, 2.05) is 60.7 Å². The van der Waals surface area contributed by atoms with E-state index >= 15 is 0 Å². The summed E-state index contributed by atoms with van der Waals surface area (Å²) in [6.45, 7) is 0.430. The first-order valence-corrected chi connectivity index (χ1v) is 36.0. The summed E-state index contributed by atoms with van der Waals surface area (Å²) in [4.78, 5) is 130. The van der Waals surface area contributed by atoms with E-state index in [1.165, 1.54) is 48.2 Å². The van der Waals surface area contributed by atoms with Gasteiger partial charge in [0.1, 0.15) is 36.6 Å². The number of aliphatic hydroxyl groups excluding tert-OH is 5. The van der Waals surface area contributed by atoms with Gasteiger partial charge in [-0.25, -0.2) is 19.2 Å². The maximum atomic E-state index is 13.5. The molecule has 0 radical (unpaired) electrons. The first-order chi connectivity index (χ1) is 50.7. The molecule has 16 N–H and O–H groups in total. The zero-order chi connectivity index (χ0) is 76.7. The molecule has 0 aliphatic carbocycles. The van der Waals surface area contributed by atoms with Crippen LogP contribution in [0, 0.1) is 0 Å². The Morgan fingerprint density at radius 2 is 0.887 bits per heavy atom. The molecule has 566 valence electrons. The minimum Gasteiger partial charge on any atom is -0.480 e. The molecular formula is C74H85N7O23S2. The van der Waals surface area contributed by atoms with E-state index in [-0.39, 0.29) is 76.9 Å². The van der Waals surface area contributed by atoms with E-state index in [2.05, 4.69) is 31.9 Å². The molecule has 0 aromatic heterocycles. The van der Waals surface area contributed by atoms with E-state index in [4.69, 9.17) is 29.4 Å². The number of nitrogens with two attached hydrogens (primary N) is 1. The van der Waals surface area contributed by atoms with Gasteiger partial charge in [0.25, 0.3) is 35.2 Å². The van der Waals surface area contributed by atoms with Crippen LogP contribution in [0.1, 0.15) is 91.3 Å². The highest BCUT2D eigenvalue weighted by atomic mass is 32.2. The molecule has 2 saturated heterocycles. The van der Waals surface area contributed by atoms with Crippen LogP contribution in [0.5, 0.6) is 0 Å². The van der Waals surface area contributed by atoms with E-state index in [1.54, 1.807) is 66.7 Å². The van der Waals surface area contributed by atoms with Crippen molar-refractivity contribution in [2.45, 2.75) is 124 Å². The number of aliphatic hydroxyl groups is 5. The number of carbonyl (C=O) groups is 10. The smallest absolute Gasteiger partial charge is 0.364 e. The lowest BCUT2D eigenvalue weighted by Crippen LogP contribution is -2.68. The first kappa shape index (κ1) is 82.0. The minimum absolute atomic E-state index is 0.00466. The largest absolute Gasteiger partial charge is 0.480 e. The minimum atomic E-state index is -2.65. The molecule has 8 rings (SSSR count). The normalized spacial score (nSPS) is 21.5. The molecular weight excluding hydrogens is 1420 g/mol. The van der Waals surface area contributed by atoms with Crippen molar-refractivity contribution in [1.82, 2.24) is 31.9 Å². The van der Waals surface area contributed by atoms with Gasteiger partial charge in [-0.1, -0.05) is 103 Å². The van der Waals surface area contributed by atoms with Gasteiger partial charge < -0.3 is 102 Å². The third-order valence-electron chi connectivity index (χ3n) is 17.1. The Labute approximate surface area is 617 Å². The molecule has 2 heterocycles. The van der Waals surface area contributed by atoms with Crippen LogP contribution in [0.3, 0.4) is 0 Å². The quantitative estimate of drug-likeness (QED) is 0.0151. The highest BCUT2D eigenvalue weighted by Crippen LogP contribution is 2.37. The SMILES string of the molecule is CC(=O)N[C@@H]1[C@@H](OC(=O)c2ccccc2)C[C@](OCCCSCC(N)NC(=O)c2ccc(C(=O)NC(CSCCCO[C@]3(C(=O)O)C[C@H](O)[C@@H](NC(C)=O)[C@H](C(O)[C@H](O)CNC(=O)c4ccc(-c5ccccc5)cc4)O3)C(=O)O)cc2)(C(=O)O)O[C@H]1C(O)[C@H](O)CNC(=O)c1ccc(-c2ccccc2)cc1. The van der Waals surface area contributed by atoms with Gasteiger partial charge in [-0.3, -0.25) is 28.8 Å². The van der Waals surface area contributed by atoms with Gasteiger partial charge >= 0.3 is 23.9 Å². The van der Waals surface area contributed by atoms with Gasteiger partial charge in [0.15, 0.2) is 0 Å². The fourth-order valence-electron chi connectivity index (χ4n) is 11.6. The Balaban J connectivity index is 0.778. The molecule has 2 aliphatic rings. The Morgan fingerprint density at radius 1 is 0.500 bits per heavy atom. The molecule has 6 aromatic carbocycles. The van der Waals surface area contributed by atoms with Crippen molar-refractivity contribution in [1.29, 1.82) is 0 Å². The number of carboxylic acids is 3. The summed E-state index contributed by atoms with van der Waals surface area (Å²) in [5.41, 5.74) is 10.4. The number of benzene rings is 6. The summed E-state index contributed by atoms with van der Waals surface area (Å²) >= 11 is 2.31. The molecule has 2 fully saturated rings. The lowest BCUT2D eigenvalue weighted by molar-refractivity contribution is -0.310. The van der Waals surface area contributed by atoms with Crippen LogP contribution < -0.4 is 37.6 Å². The van der Waals surface area contributed by atoms with Crippen LogP contribution in [0.4, 0.5) is 0 Å². The van der Waals surface area contributed by atoms with Gasteiger partial charge in [0, 0.05) is 67.1 Å². The fourth-order valence-corrected chi connectivity index (χ4v) is 13.4. The summed E-state index contributed by atoms with van der Waals surface area (Å²) in [6, 6.07) is 40.6. The van der Waals surface area contributed by atoms with Crippen molar-refractivity contribution in [3.8, 4) is 22.3 Å². The fraction of sp³-hybridized carbons (Fsp3) is 0.378. The van der Waals surface area contributed by atoms with Crippen molar-refractivity contribution >= 4 is 82.8 Å². The Kier molecular flexibility index (Phi) is 30.2. The zero-order valence-corrected chi connectivity index (χ0v) is 59.2. The molecule has 6 amide bonds. The summed E-state index contributed by atoms with van der Waals surface area (Å²) < 4.78 is 29.3. The number of hydrogen-bond donors (Lipinski definition) is 15. The Morgan fingerprint density at radius 3 is 1.33 bits per heavy atom. The van der Waals surface area contributed by atoms with Gasteiger partial charge in [0.2, 0.25) is 11.8 Å². The third-order valence-corrected chi connectivity index (χ3v) is 19.5. The van der Waals surface area contributed by atoms with Crippen molar-refractivity contribution in [3.05, 3.63) is 192 Å². The Hall–Kier alpha value is -9.68. The predicted molar refractivity (Wildman–Crippen MR) is 386 cm³/mol. The van der Waals surface area contributed by atoms with Crippen molar-refractivity contribution < 1.29 is 112 Å². The number of thioether (sulfide) groups is 2. The van der Waals surface area contributed by atoms with Gasteiger partial charge in [0.05, 0.1) is 61.8 Å². The average Bonchev–Trinajstić information content (AvgIpc) is 0.757. The number of rotatable bonds is 37. The first-order valence-electron chi connectivity index (χ1n) is 33.7. The summed E-state index contributed by atoms with van der Waals surface area (Å²) in [6.07, 6.45) is -16.7. The number of aliphatic carboxylic acids is 3.